The number of halogens is 1. The highest BCUT2D eigenvalue weighted by Crippen LogP contribution is 2.36. The van der Waals surface area contributed by atoms with Gasteiger partial charge in [0.2, 0.25) is 0 Å². The van der Waals surface area contributed by atoms with Crippen LogP contribution in [0, 0.1) is 5.92 Å². The zero-order valence-electron chi connectivity index (χ0n) is 7.05. The average Bonchev–Trinajstić information content (AvgIpc) is 2.04. The number of carbonyl (C=O) groups is 1. The van der Waals surface area contributed by atoms with Crippen molar-refractivity contribution in [2.45, 2.75) is 25.4 Å². The normalized spacial score (nSPS) is 32.8. The minimum Gasteiger partial charge on any atom is -0.481 e. The Bertz CT molecular complexity index is 178. The Morgan fingerprint density at radius 3 is 2.83 bits per heavy atom. The predicted molar refractivity (Wildman–Crippen MR) is 47.2 cm³/mol. The number of thioether (sulfide) groups is 1. The van der Waals surface area contributed by atoms with E-state index in [1.165, 1.54) is 18.7 Å². The van der Waals surface area contributed by atoms with Gasteiger partial charge in [-0.2, -0.15) is 11.8 Å². The molecule has 0 radical (unpaired) electrons. The second-order valence-electron chi connectivity index (χ2n) is 3.25. The molecule has 0 saturated carbocycles. The van der Waals surface area contributed by atoms with Crippen molar-refractivity contribution in [3.8, 4) is 0 Å². The fourth-order valence-electron chi connectivity index (χ4n) is 1.34. The van der Waals surface area contributed by atoms with Gasteiger partial charge in [-0.25, -0.2) is 4.39 Å². The minimum absolute atomic E-state index is 0.334. The molecule has 70 valence electrons. The van der Waals surface area contributed by atoms with E-state index < -0.39 is 17.6 Å². The SMILES string of the molecule is CC(C(=O)O)C1(F)CCCSC1. The van der Waals surface area contributed by atoms with Crippen LogP contribution < -0.4 is 0 Å². The van der Waals surface area contributed by atoms with Crippen molar-refractivity contribution in [2.24, 2.45) is 5.92 Å². The molecule has 2 nitrogen and oxygen atoms in total. The molecular formula is C8H13FO2S. The quantitative estimate of drug-likeness (QED) is 0.726. The van der Waals surface area contributed by atoms with Gasteiger partial charge in [0.1, 0.15) is 5.67 Å². The predicted octanol–water partition coefficient (Wildman–Crippen LogP) is 1.94. The summed E-state index contributed by atoms with van der Waals surface area (Å²) in [5.41, 5.74) is -1.48. The largest absolute Gasteiger partial charge is 0.481 e. The first-order valence-electron chi connectivity index (χ1n) is 4.06. The van der Waals surface area contributed by atoms with Gasteiger partial charge in [-0.1, -0.05) is 0 Å². The average molecular weight is 192 g/mol. The standard InChI is InChI=1S/C8H13FO2S/c1-6(7(10)11)8(9)3-2-4-12-5-8/h6H,2-5H2,1H3,(H,10,11). The van der Waals surface area contributed by atoms with E-state index in [4.69, 9.17) is 5.11 Å². The lowest BCUT2D eigenvalue weighted by Gasteiger charge is -2.32. The van der Waals surface area contributed by atoms with Gasteiger partial charge in [0, 0.05) is 5.75 Å². The highest BCUT2D eigenvalue weighted by Gasteiger charge is 2.41. The highest BCUT2D eigenvalue weighted by molar-refractivity contribution is 7.99. The lowest BCUT2D eigenvalue weighted by atomic mass is 9.88. The molecule has 12 heavy (non-hydrogen) atoms. The third-order valence-electron chi connectivity index (χ3n) is 2.37. The Hall–Kier alpha value is -0.250. The molecule has 1 rings (SSSR count). The van der Waals surface area contributed by atoms with Crippen molar-refractivity contribution in [3.05, 3.63) is 0 Å². The first kappa shape index (κ1) is 9.84. The number of hydrogen-bond acceptors (Lipinski definition) is 2. The van der Waals surface area contributed by atoms with Crippen LogP contribution in [0.4, 0.5) is 4.39 Å². The van der Waals surface area contributed by atoms with Crippen molar-refractivity contribution >= 4 is 17.7 Å². The van der Waals surface area contributed by atoms with E-state index in [2.05, 4.69) is 0 Å². The number of aliphatic carboxylic acids is 1. The Morgan fingerprint density at radius 2 is 2.42 bits per heavy atom. The lowest BCUT2D eigenvalue weighted by Crippen LogP contribution is -2.41. The topological polar surface area (TPSA) is 37.3 Å². The Kier molecular flexibility index (Phi) is 2.99. The molecule has 0 aromatic carbocycles. The molecule has 4 heteroatoms. The van der Waals surface area contributed by atoms with Crippen molar-refractivity contribution in [2.75, 3.05) is 11.5 Å². The summed E-state index contributed by atoms with van der Waals surface area (Å²) >= 11 is 1.51. The second kappa shape index (κ2) is 3.64. The number of carboxylic acid groups (broad SMARTS) is 1. The van der Waals surface area contributed by atoms with Gasteiger partial charge < -0.3 is 5.11 Å². The molecule has 1 aliphatic rings. The first-order chi connectivity index (χ1) is 5.56. The van der Waals surface area contributed by atoms with E-state index in [-0.39, 0.29) is 0 Å². The number of carboxylic acids is 1. The summed E-state index contributed by atoms with van der Waals surface area (Å²) in [4.78, 5) is 10.6. The number of alkyl halides is 1. The Balaban J connectivity index is 2.62. The third kappa shape index (κ3) is 1.91. The van der Waals surface area contributed by atoms with Crippen molar-refractivity contribution in [1.29, 1.82) is 0 Å². The van der Waals surface area contributed by atoms with E-state index >= 15 is 0 Å². The molecule has 0 aliphatic carbocycles. The summed E-state index contributed by atoms with van der Waals surface area (Å²) < 4.78 is 13.8. The maximum absolute atomic E-state index is 13.8. The van der Waals surface area contributed by atoms with E-state index in [1.807, 2.05) is 0 Å². The fourth-order valence-corrected chi connectivity index (χ4v) is 2.57. The molecule has 1 aliphatic heterocycles. The molecule has 0 aromatic rings. The maximum Gasteiger partial charge on any atom is 0.309 e. The van der Waals surface area contributed by atoms with Gasteiger partial charge in [-0.05, 0) is 25.5 Å². The van der Waals surface area contributed by atoms with Gasteiger partial charge in [0.05, 0.1) is 5.92 Å². The van der Waals surface area contributed by atoms with E-state index in [0.717, 1.165) is 12.2 Å². The van der Waals surface area contributed by atoms with Crippen molar-refractivity contribution in [1.82, 2.24) is 0 Å². The summed E-state index contributed by atoms with van der Waals surface area (Å²) in [5, 5.41) is 8.65. The molecule has 0 aromatic heterocycles. The molecule has 1 heterocycles. The van der Waals surface area contributed by atoms with Gasteiger partial charge in [-0.3, -0.25) is 4.79 Å². The lowest BCUT2D eigenvalue weighted by molar-refractivity contribution is -0.146. The smallest absolute Gasteiger partial charge is 0.309 e. The fraction of sp³-hybridized carbons (Fsp3) is 0.875. The van der Waals surface area contributed by atoms with Crippen LogP contribution in [0.25, 0.3) is 0 Å². The van der Waals surface area contributed by atoms with E-state index in [9.17, 15) is 9.18 Å². The van der Waals surface area contributed by atoms with Crippen LogP contribution in [0.5, 0.6) is 0 Å². The van der Waals surface area contributed by atoms with Crippen molar-refractivity contribution in [3.63, 3.8) is 0 Å². The molecule has 1 fully saturated rings. The zero-order chi connectivity index (χ0) is 9.19. The van der Waals surface area contributed by atoms with Crippen LogP contribution in [0.3, 0.4) is 0 Å². The second-order valence-corrected chi connectivity index (χ2v) is 4.36. The molecule has 0 bridgehead atoms. The van der Waals surface area contributed by atoms with Gasteiger partial charge in [-0.15, -0.1) is 0 Å². The molecule has 1 N–H and O–H groups in total. The molecular weight excluding hydrogens is 179 g/mol. The third-order valence-corrected chi connectivity index (χ3v) is 3.63. The molecule has 2 atom stereocenters. The summed E-state index contributed by atoms with van der Waals surface area (Å²) in [6, 6.07) is 0. The first-order valence-corrected chi connectivity index (χ1v) is 5.21. The summed E-state index contributed by atoms with van der Waals surface area (Å²) in [7, 11) is 0. The van der Waals surface area contributed by atoms with Crippen LogP contribution in [0.15, 0.2) is 0 Å². The number of hydrogen-bond donors (Lipinski definition) is 1. The summed E-state index contributed by atoms with van der Waals surface area (Å²) in [6.45, 7) is 1.45. The van der Waals surface area contributed by atoms with Crippen LogP contribution in [0.2, 0.25) is 0 Å². The van der Waals surface area contributed by atoms with Gasteiger partial charge in [0.15, 0.2) is 0 Å². The molecule has 1 saturated heterocycles. The highest BCUT2D eigenvalue weighted by atomic mass is 32.2. The van der Waals surface area contributed by atoms with Crippen LogP contribution in [-0.4, -0.2) is 28.3 Å². The van der Waals surface area contributed by atoms with Crippen molar-refractivity contribution < 1.29 is 14.3 Å². The summed E-state index contributed by atoms with van der Waals surface area (Å²) in [6.07, 6.45) is 1.19. The minimum atomic E-state index is -1.48. The van der Waals surface area contributed by atoms with E-state index in [0.29, 0.717) is 12.2 Å². The maximum atomic E-state index is 13.8. The Labute approximate surface area is 75.5 Å². The number of rotatable bonds is 2. The Morgan fingerprint density at radius 1 is 1.75 bits per heavy atom. The monoisotopic (exact) mass is 192 g/mol. The van der Waals surface area contributed by atoms with Crippen LogP contribution >= 0.6 is 11.8 Å². The molecule has 0 amide bonds. The van der Waals surface area contributed by atoms with E-state index in [1.54, 1.807) is 0 Å². The zero-order valence-corrected chi connectivity index (χ0v) is 7.86. The molecule has 2 unspecified atom stereocenters. The molecule has 0 spiro atoms. The van der Waals surface area contributed by atoms with Crippen LogP contribution in [0.1, 0.15) is 19.8 Å². The van der Waals surface area contributed by atoms with Crippen LogP contribution in [-0.2, 0) is 4.79 Å². The summed E-state index contributed by atoms with van der Waals surface area (Å²) in [5.74, 6) is -0.608. The van der Waals surface area contributed by atoms with Gasteiger partial charge in [0.25, 0.3) is 0 Å². The van der Waals surface area contributed by atoms with Gasteiger partial charge >= 0.3 is 5.97 Å².